The fourth-order valence-corrected chi connectivity index (χ4v) is 0.144. The average molecular weight is 324 g/mol. The molecule has 0 amide bonds. The molecular formula is C8H12O2W. The Morgan fingerprint density at radius 1 is 1.55 bits per heavy atom. The van der Waals surface area contributed by atoms with E-state index in [1.54, 1.807) is 0 Å². The predicted octanol–water partition coefficient (Wildman–Crippen LogP) is 0.613. The van der Waals surface area contributed by atoms with E-state index < -0.39 is 0 Å². The molecule has 2 nitrogen and oxygen atoms in total. The van der Waals surface area contributed by atoms with Crippen LogP contribution in [0.4, 0.5) is 0 Å². The minimum absolute atomic E-state index is 0. The van der Waals surface area contributed by atoms with Gasteiger partial charge in [-0.3, -0.25) is 0 Å². The molecule has 0 radical (unpaired) electrons. The minimum Gasteiger partial charge on any atom is -0.384 e. The third kappa shape index (κ3) is 77.5. The van der Waals surface area contributed by atoms with E-state index in [4.69, 9.17) is 5.11 Å². The van der Waals surface area contributed by atoms with Crippen molar-refractivity contribution in [2.75, 3.05) is 6.61 Å². The third-order valence-electron chi connectivity index (χ3n) is 0.329. The SMILES string of the molecule is [CH2-]C(C)=O.[CH2-]CC#CCO.[W+2]. The number of hydrogen-bond acceptors (Lipinski definition) is 2. The van der Waals surface area contributed by atoms with Crippen LogP contribution >= 0.6 is 0 Å². The van der Waals surface area contributed by atoms with E-state index in [1.165, 1.54) is 6.92 Å². The van der Waals surface area contributed by atoms with Crippen LogP contribution in [0.5, 0.6) is 0 Å². The van der Waals surface area contributed by atoms with E-state index in [1.807, 2.05) is 0 Å². The molecule has 62 valence electrons. The number of carbonyl (C=O) groups is 1. The first-order valence-corrected chi connectivity index (χ1v) is 2.83. The zero-order chi connectivity index (χ0) is 8.41. The van der Waals surface area contributed by atoms with Gasteiger partial charge in [0.1, 0.15) is 6.61 Å². The molecule has 0 aromatic rings. The monoisotopic (exact) mass is 324 g/mol. The molecule has 0 spiro atoms. The summed E-state index contributed by atoms with van der Waals surface area (Å²) in [5.74, 6) is 4.94. The van der Waals surface area contributed by atoms with Gasteiger partial charge in [-0.1, -0.05) is 5.92 Å². The van der Waals surface area contributed by atoms with E-state index in [9.17, 15) is 4.79 Å². The van der Waals surface area contributed by atoms with Crippen LogP contribution in [0, 0.1) is 25.7 Å². The Kier molecular flexibility index (Phi) is 25.3. The summed E-state index contributed by atoms with van der Waals surface area (Å²) in [5, 5.41) is 8.00. The Labute approximate surface area is 82.6 Å². The molecule has 0 fully saturated rings. The van der Waals surface area contributed by atoms with Crippen molar-refractivity contribution in [3.05, 3.63) is 13.8 Å². The first-order valence-electron chi connectivity index (χ1n) is 2.83. The molecule has 11 heavy (non-hydrogen) atoms. The van der Waals surface area contributed by atoms with Crippen molar-refractivity contribution in [3.63, 3.8) is 0 Å². The van der Waals surface area contributed by atoms with Crippen molar-refractivity contribution in [2.24, 2.45) is 0 Å². The largest absolute Gasteiger partial charge is 2.00 e. The van der Waals surface area contributed by atoms with Gasteiger partial charge in [0.2, 0.25) is 0 Å². The molecule has 0 aliphatic rings. The molecule has 1 N–H and O–H groups in total. The molecule has 0 atom stereocenters. The Morgan fingerprint density at radius 3 is 2.00 bits per heavy atom. The minimum atomic E-state index is -0.0833. The van der Waals surface area contributed by atoms with Crippen molar-refractivity contribution < 1.29 is 31.0 Å². The topological polar surface area (TPSA) is 37.3 Å². The molecular weight excluding hydrogens is 312 g/mol. The zero-order valence-electron chi connectivity index (χ0n) is 6.59. The van der Waals surface area contributed by atoms with Crippen LogP contribution in [0.25, 0.3) is 0 Å². The second-order valence-electron chi connectivity index (χ2n) is 1.46. The Hall–Kier alpha value is -0.252. The maximum atomic E-state index is 9.33. The fraction of sp³-hybridized carbons (Fsp3) is 0.375. The van der Waals surface area contributed by atoms with Gasteiger partial charge in [-0.25, -0.2) is 0 Å². The van der Waals surface area contributed by atoms with Crippen LogP contribution in [-0.2, 0) is 25.9 Å². The van der Waals surface area contributed by atoms with Crippen LogP contribution in [0.15, 0.2) is 0 Å². The van der Waals surface area contributed by atoms with Crippen LogP contribution in [-0.4, -0.2) is 17.5 Å². The van der Waals surface area contributed by atoms with Crippen molar-refractivity contribution in [3.8, 4) is 11.8 Å². The third-order valence-corrected chi connectivity index (χ3v) is 0.329. The molecule has 0 rings (SSSR count). The molecule has 0 unspecified atom stereocenters. The van der Waals surface area contributed by atoms with E-state index >= 15 is 0 Å². The zero-order valence-corrected chi connectivity index (χ0v) is 9.53. The summed E-state index contributed by atoms with van der Waals surface area (Å²) in [5.41, 5.74) is 0. The number of ketones is 1. The maximum Gasteiger partial charge on any atom is 2.00 e. The van der Waals surface area contributed by atoms with Gasteiger partial charge < -0.3 is 23.7 Å². The van der Waals surface area contributed by atoms with Gasteiger partial charge >= 0.3 is 21.1 Å². The summed E-state index contributed by atoms with van der Waals surface area (Å²) in [6.07, 6.45) is 0.584. The van der Waals surface area contributed by atoms with Gasteiger partial charge in [-0.05, 0) is 12.7 Å². The molecule has 0 bridgehead atoms. The van der Waals surface area contributed by atoms with Gasteiger partial charge in [0.25, 0.3) is 0 Å². The number of aliphatic hydroxyl groups is 1. The Morgan fingerprint density at radius 2 is 1.91 bits per heavy atom. The summed E-state index contributed by atoms with van der Waals surface area (Å²) < 4.78 is 0. The number of rotatable bonds is 0. The van der Waals surface area contributed by atoms with Crippen LogP contribution < -0.4 is 0 Å². The summed E-state index contributed by atoms with van der Waals surface area (Å²) in [4.78, 5) is 9.33. The van der Waals surface area contributed by atoms with Gasteiger partial charge in [0, 0.05) is 0 Å². The standard InChI is InChI=1S/C5H7O.C3H5O.W/c1-2-3-4-5-6;1-3(2)4;/h6H,1-2,5H2;1H2,2H3;/q2*-1;+2. The Balaban J connectivity index is -0.000000114. The van der Waals surface area contributed by atoms with Crippen molar-refractivity contribution in [2.45, 2.75) is 13.3 Å². The normalized spacial score (nSPS) is 5.73. The van der Waals surface area contributed by atoms with Crippen LogP contribution in [0.1, 0.15) is 13.3 Å². The number of carbonyl (C=O) groups excluding carboxylic acids is 1. The molecule has 0 aromatic heterocycles. The van der Waals surface area contributed by atoms with Crippen LogP contribution in [0.3, 0.4) is 0 Å². The van der Waals surface area contributed by atoms with Crippen LogP contribution in [0.2, 0.25) is 0 Å². The summed E-state index contributed by atoms with van der Waals surface area (Å²) >= 11 is 0. The molecule has 0 saturated carbocycles. The molecule has 0 heterocycles. The summed E-state index contributed by atoms with van der Waals surface area (Å²) in [7, 11) is 0. The summed E-state index contributed by atoms with van der Waals surface area (Å²) in [6.45, 7) is 7.81. The molecule has 0 aromatic carbocycles. The molecule has 0 aliphatic carbocycles. The van der Waals surface area contributed by atoms with Gasteiger partial charge in [0.15, 0.2) is 0 Å². The predicted molar refractivity (Wildman–Crippen MR) is 40.9 cm³/mol. The first kappa shape index (κ1) is 17.0. The Bertz CT molecular complexity index is 121. The first-order chi connectivity index (χ1) is 4.65. The van der Waals surface area contributed by atoms with Gasteiger partial charge in [-0.2, -0.15) is 0 Å². The summed E-state index contributed by atoms with van der Waals surface area (Å²) in [6, 6.07) is 0. The quantitative estimate of drug-likeness (QED) is 0.524. The second-order valence-corrected chi connectivity index (χ2v) is 1.46. The van der Waals surface area contributed by atoms with E-state index in [2.05, 4.69) is 25.7 Å². The van der Waals surface area contributed by atoms with E-state index in [0.29, 0.717) is 6.42 Å². The van der Waals surface area contributed by atoms with E-state index in [-0.39, 0.29) is 33.5 Å². The van der Waals surface area contributed by atoms with Crippen molar-refractivity contribution in [1.29, 1.82) is 0 Å². The number of Topliss-reactive ketones (excluding diaryl/α,β-unsaturated/α-hetero) is 1. The smallest absolute Gasteiger partial charge is 0.384 e. The second kappa shape index (κ2) is 16.4. The maximum absolute atomic E-state index is 9.33. The van der Waals surface area contributed by atoms with Crippen molar-refractivity contribution >= 4 is 5.78 Å². The number of hydrogen-bond donors (Lipinski definition) is 1. The molecule has 0 saturated heterocycles. The fourth-order valence-electron chi connectivity index (χ4n) is 0.144. The van der Waals surface area contributed by atoms with Crippen molar-refractivity contribution in [1.82, 2.24) is 0 Å². The van der Waals surface area contributed by atoms with E-state index in [0.717, 1.165) is 0 Å². The molecule has 3 heteroatoms. The molecule has 0 aliphatic heterocycles. The average Bonchev–Trinajstić information content (AvgIpc) is 1.82. The number of aliphatic hydroxyl groups excluding tert-OH is 1. The van der Waals surface area contributed by atoms with Gasteiger partial charge in [-0.15, -0.1) is 12.3 Å². The van der Waals surface area contributed by atoms with Gasteiger partial charge in [0.05, 0.1) is 0 Å².